The van der Waals surface area contributed by atoms with Crippen molar-refractivity contribution in [2.24, 2.45) is 0 Å². The predicted octanol–water partition coefficient (Wildman–Crippen LogP) is 3.61. The number of benzene rings is 1. The summed E-state index contributed by atoms with van der Waals surface area (Å²) in [5.41, 5.74) is 2.38. The number of aryl methyl sites for hydroxylation is 2. The molecule has 0 fully saturated rings. The molecule has 0 saturated heterocycles. The number of ether oxygens (including phenoxy) is 1. The van der Waals surface area contributed by atoms with E-state index in [-0.39, 0.29) is 5.41 Å². The maximum atomic E-state index is 9.17. The van der Waals surface area contributed by atoms with Crippen molar-refractivity contribution >= 4 is 0 Å². The minimum atomic E-state index is -0.146. The Morgan fingerprint density at radius 1 is 1.26 bits per heavy atom. The summed E-state index contributed by atoms with van der Waals surface area (Å²) in [4.78, 5) is 0. The van der Waals surface area contributed by atoms with Crippen LogP contribution in [0.1, 0.15) is 50.6 Å². The number of unbranched alkanes of at least 4 members (excludes halogenated alkanes) is 1. The smallest absolute Gasteiger partial charge is 0.186 e. The molecule has 5 nitrogen and oxygen atoms in total. The van der Waals surface area contributed by atoms with Gasteiger partial charge in [-0.1, -0.05) is 38.1 Å². The van der Waals surface area contributed by atoms with Crippen LogP contribution < -0.4 is 4.74 Å². The standard InChI is InChI=1S/C18H24N4O/c1-14-8-7-9-15(12-14)23-11-6-5-10-22-17(18(2,3)4)16(13-19)20-21-22/h7-9,12H,5-6,10-11H2,1-4H3. The first-order valence-electron chi connectivity index (χ1n) is 7.95. The topological polar surface area (TPSA) is 63.7 Å². The highest BCUT2D eigenvalue weighted by Gasteiger charge is 2.25. The second kappa shape index (κ2) is 7.28. The number of rotatable bonds is 6. The highest BCUT2D eigenvalue weighted by Crippen LogP contribution is 2.24. The monoisotopic (exact) mass is 312 g/mol. The molecule has 1 heterocycles. The van der Waals surface area contributed by atoms with E-state index in [9.17, 15) is 0 Å². The van der Waals surface area contributed by atoms with Gasteiger partial charge in [-0.2, -0.15) is 5.26 Å². The molecule has 5 heteroatoms. The van der Waals surface area contributed by atoms with E-state index in [4.69, 9.17) is 10.00 Å². The molecule has 122 valence electrons. The fraction of sp³-hybridized carbons (Fsp3) is 0.500. The van der Waals surface area contributed by atoms with Gasteiger partial charge in [0.15, 0.2) is 5.69 Å². The van der Waals surface area contributed by atoms with Crippen LogP contribution in [0.4, 0.5) is 0 Å². The van der Waals surface area contributed by atoms with Gasteiger partial charge < -0.3 is 4.74 Å². The Kier molecular flexibility index (Phi) is 5.38. The zero-order valence-electron chi connectivity index (χ0n) is 14.3. The largest absolute Gasteiger partial charge is 0.494 e. The number of hydrogen-bond acceptors (Lipinski definition) is 4. The van der Waals surface area contributed by atoms with Crippen LogP contribution in [0.5, 0.6) is 5.75 Å². The molecule has 0 bridgehead atoms. The molecule has 0 unspecified atom stereocenters. The summed E-state index contributed by atoms with van der Waals surface area (Å²) in [6.45, 7) is 9.70. The summed E-state index contributed by atoms with van der Waals surface area (Å²) >= 11 is 0. The zero-order valence-corrected chi connectivity index (χ0v) is 14.3. The van der Waals surface area contributed by atoms with Crippen molar-refractivity contribution in [2.75, 3.05) is 6.61 Å². The summed E-state index contributed by atoms with van der Waals surface area (Å²) in [6.07, 6.45) is 1.86. The van der Waals surface area contributed by atoms with E-state index >= 15 is 0 Å². The van der Waals surface area contributed by atoms with Gasteiger partial charge in [0, 0.05) is 12.0 Å². The number of nitrogens with zero attached hydrogens (tertiary/aromatic N) is 4. The van der Waals surface area contributed by atoms with Crippen molar-refractivity contribution in [3.05, 3.63) is 41.2 Å². The van der Waals surface area contributed by atoms with Gasteiger partial charge >= 0.3 is 0 Å². The molecule has 0 aliphatic heterocycles. The minimum absolute atomic E-state index is 0.146. The van der Waals surface area contributed by atoms with Crippen LogP contribution in [0.15, 0.2) is 24.3 Å². The van der Waals surface area contributed by atoms with Crippen LogP contribution in [-0.2, 0) is 12.0 Å². The van der Waals surface area contributed by atoms with Gasteiger partial charge in [0.25, 0.3) is 0 Å². The summed E-state index contributed by atoms with van der Waals surface area (Å²) in [5.74, 6) is 0.910. The van der Waals surface area contributed by atoms with Gasteiger partial charge in [-0.15, -0.1) is 5.10 Å². The lowest BCUT2D eigenvalue weighted by atomic mass is 9.90. The van der Waals surface area contributed by atoms with E-state index in [1.165, 1.54) is 5.56 Å². The SMILES string of the molecule is Cc1cccc(OCCCCn2nnc(C#N)c2C(C)(C)C)c1. The third-order valence-corrected chi connectivity index (χ3v) is 3.57. The van der Waals surface area contributed by atoms with E-state index in [1.54, 1.807) is 0 Å². The molecule has 0 aliphatic rings. The third-order valence-electron chi connectivity index (χ3n) is 3.57. The zero-order chi connectivity index (χ0) is 16.9. The Morgan fingerprint density at radius 2 is 2.04 bits per heavy atom. The normalized spacial score (nSPS) is 11.3. The minimum Gasteiger partial charge on any atom is -0.494 e. The Hall–Kier alpha value is -2.35. The number of aromatic nitrogens is 3. The average Bonchev–Trinajstić information content (AvgIpc) is 2.90. The molecule has 0 spiro atoms. The molecule has 2 aromatic rings. The van der Waals surface area contributed by atoms with Gasteiger partial charge in [0.2, 0.25) is 0 Å². The highest BCUT2D eigenvalue weighted by atomic mass is 16.5. The molecule has 0 N–H and O–H groups in total. The van der Waals surface area contributed by atoms with Crippen molar-refractivity contribution in [2.45, 2.75) is 52.5 Å². The molecule has 0 saturated carbocycles. The summed E-state index contributed by atoms with van der Waals surface area (Å²) in [6, 6.07) is 10.2. The van der Waals surface area contributed by atoms with Crippen LogP contribution in [0, 0.1) is 18.3 Å². The van der Waals surface area contributed by atoms with E-state index in [0.29, 0.717) is 12.3 Å². The lowest BCUT2D eigenvalue weighted by molar-refractivity contribution is 0.300. The highest BCUT2D eigenvalue weighted by molar-refractivity contribution is 5.30. The van der Waals surface area contributed by atoms with E-state index in [2.05, 4.69) is 50.1 Å². The third kappa shape index (κ3) is 4.56. The molecule has 0 aliphatic carbocycles. The predicted molar refractivity (Wildman–Crippen MR) is 89.3 cm³/mol. The molecule has 0 radical (unpaired) electrons. The van der Waals surface area contributed by atoms with Crippen LogP contribution in [0.2, 0.25) is 0 Å². The van der Waals surface area contributed by atoms with Crippen molar-refractivity contribution < 1.29 is 4.74 Å². The van der Waals surface area contributed by atoms with Crippen molar-refractivity contribution in [3.8, 4) is 11.8 Å². The van der Waals surface area contributed by atoms with Gasteiger partial charge in [-0.25, -0.2) is 4.68 Å². The Labute approximate surface area is 137 Å². The van der Waals surface area contributed by atoms with Gasteiger partial charge in [0.1, 0.15) is 11.8 Å². The Balaban J connectivity index is 1.85. The average molecular weight is 312 g/mol. The van der Waals surface area contributed by atoms with Crippen LogP contribution in [-0.4, -0.2) is 21.6 Å². The maximum absolute atomic E-state index is 9.17. The van der Waals surface area contributed by atoms with Gasteiger partial charge in [-0.3, -0.25) is 0 Å². The second-order valence-corrected chi connectivity index (χ2v) is 6.74. The van der Waals surface area contributed by atoms with E-state index in [0.717, 1.165) is 30.8 Å². The van der Waals surface area contributed by atoms with Crippen molar-refractivity contribution in [3.63, 3.8) is 0 Å². The summed E-state index contributed by atoms with van der Waals surface area (Å²) in [5, 5.41) is 17.3. The first-order chi connectivity index (χ1) is 10.9. The molecule has 2 rings (SSSR count). The van der Waals surface area contributed by atoms with Crippen molar-refractivity contribution in [1.29, 1.82) is 5.26 Å². The fourth-order valence-electron chi connectivity index (χ4n) is 2.55. The van der Waals surface area contributed by atoms with E-state index < -0.39 is 0 Å². The maximum Gasteiger partial charge on any atom is 0.186 e. The van der Waals surface area contributed by atoms with Crippen LogP contribution in [0.3, 0.4) is 0 Å². The molecule has 0 amide bonds. The number of hydrogen-bond donors (Lipinski definition) is 0. The molecular formula is C18H24N4O. The van der Waals surface area contributed by atoms with Crippen LogP contribution >= 0.6 is 0 Å². The first kappa shape index (κ1) is 17.0. The Bertz CT molecular complexity index is 692. The molecule has 1 aromatic heterocycles. The van der Waals surface area contributed by atoms with Crippen LogP contribution in [0.25, 0.3) is 0 Å². The van der Waals surface area contributed by atoms with Gasteiger partial charge in [-0.05, 0) is 37.5 Å². The fourth-order valence-corrected chi connectivity index (χ4v) is 2.55. The summed E-state index contributed by atoms with van der Waals surface area (Å²) in [7, 11) is 0. The summed E-state index contributed by atoms with van der Waals surface area (Å²) < 4.78 is 7.60. The molecule has 1 aromatic carbocycles. The quantitative estimate of drug-likeness (QED) is 0.764. The Morgan fingerprint density at radius 3 is 2.70 bits per heavy atom. The lowest BCUT2D eigenvalue weighted by Crippen LogP contribution is -2.20. The number of nitriles is 1. The van der Waals surface area contributed by atoms with Gasteiger partial charge in [0.05, 0.1) is 12.3 Å². The van der Waals surface area contributed by atoms with Crippen molar-refractivity contribution in [1.82, 2.24) is 15.0 Å². The molecule has 0 atom stereocenters. The first-order valence-corrected chi connectivity index (χ1v) is 7.95. The molecular weight excluding hydrogens is 288 g/mol. The second-order valence-electron chi connectivity index (χ2n) is 6.74. The lowest BCUT2D eigenvalue weighted by Gasteiger charge is -2.19. The molecule has 23 heavy (non-hydrogen) atoms. The van der Waals surface area contributed by atoms with E-state index in [1.807, 2.05) is 22.9 Å².